The largest absolute Gasteiger partial charge is 0.304 e. The van der Waals surface area contributed by atoms with Gasteiger partial charge in [-0.25, -0.2) is 4.98 Å². The Morgan fingerprint density at radius 2 is 1.75 bits per heavy atom. The molecule has 5 nitrogen and oxygen atoms in total. The molecule has 28 heavy (non-hydrogen) atoms. The number of aromatic nitrogens is 2. The van der Waals surface area contributed by atoms with Gasteiger partial charge in [0, 0.05) is 55.2 Å². The van der Waals surface area contributed by atoms with Gasteiger partial charge < -0.3 is 4.90 Å². The number of carbonyl (C=O) groups is 1. The van der Waals surface area contributed by atoms with Crippen molar-refractivity contribution in [2.24, 2.45) is 0 Å². The minimum Gasteiger partial charge on any atom is -0.304 e. The van der Waals surface area contributed by atoms with Gasteiger partial charge in [0.15, 0.2) is 5.78 Å². The van der Waals surface area contributed by atoms with Crippen molar-refractivity contribution in [1.82, 2.24) is 19.8 Å². The monoisotopic (exact) mass is 378 g/mol. The van der Waals surface area contributed by atoms with E-state index >= 15 is 0 Å². The van der Waals surface area contributed by atoms with Crippen molar-refractivity contribution >= 4 is 16.6 Å². The summed E-state index contributed by atoms with van der Waals surface area (Å²) in [5.41, 5.74) is 2.59. The minimum absolute atomic E-state index is 0.190. The molecule has 0 saturated carbocycles. The van der Waals surface area contributed by atoms with Crippen LogP contribution in [0.2, 0.25) is 0 Å². The summed E-state index contributed by atoms with van der Waals surface area (Å²) in [6.45, 7) is 4.35. The first-order valence-electron chi connectivity index (χ1n) is 9.50. The van der Waals surface area contributed by atoms with Crippen LogP contribution in [0.1, 0.15) is 5.69 Å². The quantitative estimate of drug-likeness (QED) is 0.639. The van der Waals surface area contributed by atoms with E-state index in [-0.39, 0.29) is 5.78 Å². The zero-order chi connectivity index (χ0) is 19.5. The highest BCUT2D eigenvalue weighted by molar-refractivity contribution is 5.88. The molecule has 1 aliphatic rings. The number of benzene rings is 1. The molecule has 6 heteroatoms. The summed E-state index contributed by atoms with van der Waals surface area (Å²) in [6, 6.07) is 11.0. The van der Waals surface area contributed by atoms with Crippen LogP contribution in [0.3, 0.4) is 0 Å². The second-order valence-electron chi connectivity index (χ2n) is 7.40. The number of rotatable bonds is 5. The topological polar surface area (TPSA) is 49.3 Å². The van der Waals surface area contributed by atoms with Crippen molar-refractivity contribution in [2.45, 2.75) is 6.42 Å². The fourth-order valence-corrected chi connectivity index (χ4v) is 3.52. The number of pyridine rings is 2. The molecule has 0 radical (unpaired) electrons. The molecule has 1 aromatic carbocycles. The van der Waals surface area contributed by atoms with Crippen LogP contribution in [0.5, 0.6) is 0 Å². The average molecular weight is 378 g/mol. The van der Waals surface area contributed by atoms with E-state index in [9.17, 15) is 9.18 Å². The Hall–Kier alpha value is -2.70. The normalized spacial score (nSPS) is 15.8. The Kier molecular flexibility index (Phi) is 5.41. The number of Topliss-reactive ketones (excluding diaryl/α,β-unsaturated/α-hetero) is 1. The third-order valence-electron chi connectivity index (χ3n) is 5.21. The molecule has 0 amide bonds. The van der Waals surface area contributed by atoms with Crippen LogP contribution in [-0.4, -0.2) is 65.3 Å². The van der Waals surface area contributed by atoms with Crippen LogP contribution >= 0.6 is 0 Å². The lowest BCUT2D eigenvalue weighted by atomic mass is 10.0. The molecule has 0 spiro atoms. The first-order valence-corrected chi connectivity index (χ1v) is 9.50. The predicted molar refractivity (Wildman–Crippen MR) is 108 cm³/mol. The Balaban J connectivity index is 1.48. The van der Waals surface area contributed by atoms with Gasteiger partial charge >= 0.3 is 0 Å². The van der Waals surface area contributed by atoms with E-state index in [1.165, 1.54) is 12.3 Å². The molecule has 0 N–H and O–H groups in total. The van der Waals surface area contributed by atoms with Gasteiger partial charge in [-0.1, -0.05) is 12.1 Å². The van der Waals surface area contributed by atoms with E-state index in [2.05, 4.69) is 26.8 Å². The molecule has 0 aliphatic carbocycles. The highest BCUT2D eigenvalue weighted by Crippen LogP contribution is 2.24. The van der Waals surface area contributed by atoms with Gasteiger partial charge in [0.1, 0.15) is 0 Å². The summed E-state index contributed by atoms with van der Waals surface area (Å²) in [7, 11) is 2.11. The molecule has 1 fully saturated rings. The lowest BCUT2D eigenvalue weighted by molar-refractivity contribution is -0.120. The van der Waals surface area contributed by atoms with E-state index in [0.717, 1.165) is 53.8 Å². The predicted octanol–water partition coefficient (Wildman–Crippen LogP) is 2.79. The maximum atomic E-state index is 13.1. The molecule has 3 aromatic rings. The lowest BCUT2D eigenvalue weighted by Gasteiger charge is -2.31. The fourth-order valence-electron chi connectivity index (χ4n) is 3.52. The standard InChI is InChI=1S/C22H23FN4O/c1-26-6-8-27(9-7-26)15-21(28)12-20-11-19-10-16(2-3-18(19)13-24-20)17-4-5-22(23)25-14-17/h2-5,10-11,13-14H,6-9,12,15H2,1H3. The zero-order valence-corrected chi connectivity index (χ0v) is 15.9. The fraction of sp³-hybridized carbons (Fsp3) is 0.318. The summed E-state index contributed by atoms with van der Waals surface area (Å²) in [4.78, 5) is 25.1. The van der Waals surface area contributed by atoms with E-state index in [4.69, 9.17) is 0 Å². The van der Waals surface area contributed by atoms with Crippen molar-refractivity contribution in [1.29, 1.82) is 0 Å². The molecule has 0 unspecified atom stereocenters. The van der Waals surface area contributed by atoms with Gasteiger partial charge in [-0.2, -0.15) is 4.39 Å². The number of carbonyl (C=O) groups excluding carboxylic acids is 1. The smallest absolute Gasteiger partial charge is 0.212 e. The van der Waals surface area contributed by atoms with Crippen molar-refractivity contribution < 1.29 is 9.18 Å². The van der Waals surface area contributed by atoms with Gasteiger partial charge in [0.25, 0.3) is 0 Å². The zero-order valence-electron chi connectivity index (χ0n) is 15.9. The van der Waals surface area contributed by atoms with Crippen molar-refractivity contribution in [3.8, 4) is 11.1 Å². The number of fused-ring (bicyclic) bond motifs is 1. The third-order valence-corrected chi connectivity index (χ3v) is 5.21. The van der Waals surface area contributed by atoms with E-state index in [1.54, 1.807) is 12.3 Å². The van der Waals surface area contributed by atoms with E-state index in [1.807, 2.05) is 24.3 Å². The summed E-state index contributed by atoms with van der Waals surface area (Å²) >= 11 is 0. The minimum atomic E-state index is -0.491. The number of nitrogens with zero attached hydrogens (tertiary/aromatic N) is 4. The summed E-state index contributed by atoms with van der Waals surface area (Å²) in [5.74, 6) is -0.301. The first kappa shape index (κ1) is 18.7. The molecule has 1 aliphatic heterocycles. The number of piperazine rings is 1. The van der Waals surface area contributed by atoms with E-state index in [0.29, 0.717) is 13.0 Å². The SMILES string of the molecule is CN1CCN(CC(=O)Cc2cc3cc(-c4ccc(F)nc4)ccc3cn2)CC1. The van der Waals surface area contributed by atoms with Gasteiger partial charge in [0.05, 0.1) is 13.0 Å². The van der Waals surface area contributed by atoms with Gasteiger partial charge in [0.2, 0.25) is 5.95 Å². The number of ketones is 1. The molecular weight excluding hydrogens is 355 g/mol. The number of halogens is 1. The van der Waals surface area contributed by atoms with Crippen LogP contribution in [-0.2, 0) is 11.2 Å². The number of hydrogen-bond donors (Lipinski definition) is 0. The van der Waals surface area contributed by atoms with Gasteiger partial charge in [-0.3, -0.25) is 14.7 Å². The molecule has 3 heterocycles. The highest BCUT2D eigenvalue weighted by atomic mass is 19.1. The van der Waals surface area contributed by atoms with Crippen molar-refractivity contribution in [3.63, 3.8) is 0 Å². The summed E-state index contributed by atoms with van der Waals surface area (Å²) in [5, 5.41) is 2.02. The maximum Gasteiger partial charge on any atom is 0.212 e. The van der Waals surface area contributed by atoms with Gasteiger partial charge in [-0.15, -0.1) is 0 Å². The van der Waals surface area contributed by atoms with Crippen molar-refractivity contribution in [3.05, 3.63) is 60.4 Å². The Morgan fingerprint density at radius 3 is 2.50 bits per heavy atom. The molecule has 4 rings (SSSR count). The van der Waals surface area contributed by atoms with Crippen LogP contribution in [0.4, 0.5) is 4.39 Å². The first-order chi connectivity index (χ1) is 13.6. The highest BCUT2D eigenvalue weighted by Gasteiger charge is 2.17. The second-order valence-corrected chi connectivity index (χ2v) is 7.40. The molecule has 144 valence electrons. The number of likely N-dealkylation sites (N-methyl/N-ethyl adjacent to an activating group) is 1. The second kappa shape index (κ2) is 8.12. The van der Waals surface area contributed by atoms with Crippen LogP contribution in [0.25, 0.3) is 21.9 Å². The third kappa shape index (κ3) is 4.40. The average Bonchev–Trinajstić information content (AvgIpc) is 2.70. The van der Waals surface area contributed by atoms with Crippen molar-refractivity contribution in [2.75, 3.05) is 39.8 Å². The summed E-state index contributed by atoms with van der Waals surface area (Å²) in [6.07, 6.45) is 3.67. The Bertz CT molecular complexity index is 981. The number of hydrogen-bond acceptors (Lipinski definition) is 5. The van der Waals surface area contributed by atoms with E-state index < -0.39 is 5.95 Å². The Labute approximate surface area is 163 Å². The maximum absolute atomic E-state index is 13.1. The van der Waals surface area contributed by atoms with Gasteiger partial charge in [-0.05, 0) is 42.3 Å². The molecule has 2 aromatic heterocycles. The van der Waals surface area contributed by atoms with Crippen LogP contribution < -0.4 is 0 Å². The van der Waals surface area contributed by atoms with Crippen LogP contribution in [0.15, 0.2) is 48.8 Å². The molecule has 0 bridgehead atoms. The lowest BCUT2D eigenvalue weighted by Crippen LogP contribution is -2.46. The summed E-state index contributed by atoms with van der Waals surface area (Å²) < 4.78 is 13.1. The molecule has 1 saturated heterocycles. The van der Waals surface area contributed by atoms with Crippen LogP contribution in [0, 0.1) is 5.95 Å². The molecular formula is C22H23FN4O. The Morgan fingerprint density at radius 1 is 0.964 bits per heavy atom. The molecule has 0 atom stereocenters.